The molecule has 1 unspecified atom stereocenters. The van der Waals surface area contributed by atoms with E-state index in [1.54, 1.807) is 18.7 Å². The third-order valence-corrected chi connectivity index (χ3v) is 5.95. The summed E-state index contributed by atoms with van der Waals surface area (Å²) in [5, 5.41) is 0.918. The molecule has 28 heavy (non-hydrogen) atoms. The quantitative estimate of drug-likeness (QED) is 0.703. The average molecular weight is 379 g/mol. The Morgan fingerprint density at radius 3 is 3.00 bits per heavy atom. The molecule has 5 heterocycles. The summed E-state index contributed by atoms with van der Waals surface area (Å²) in [6.45, 7) is 1.73. The van der Waals surface area contributed by atoms with Gasteiger partial charge in [0.1, 0.15) is 11.8 Å². The summed E-state index contributed by atoms with van der Waals surface area (Å²) in [6.07, 6.45) is 10.6. The molecule has 5 rings (SSSR count). The van der Waals surface area contributed by atoms with Crippen molar-refractivity contribution in [1.82, 2.24) is 24.4 Å². The van der Waals surface area contributed by atoms with Crippen molar-refractivity contribution in [2.24, 2.45) is 5.41 Å². The van der Waals surface area contributed by atoms with E-state index < -0.39 is 5.41 Å². The van der Waals surface area contributed by atoms with E-state index >= 15 is 0 Å². The fraction of sp³-hybridized carbons (Fsp3) is 0.400. The number of amides is 1. The lowest BCUT2D eigenvalue weighted by molar-refractivity contribution is -0.150. The van der Waals surface area contributed by atoms with E-state index in [1.165, 1.54) is 0 Å². The molecule has 8 nitrogen and oxygen atoms in total. The number of carbonyl (C=O) groups is 2. The number of fused-ring (bicyclic) bond motifs is 1. The molecule has 1 spiro atoms. The number of piperidine rings is 1. The Labute approximate surface area is 161 Å². The first-order chi connectivity index (χ1) is 13.6. The van der Waals surface area contributed by atoms with E-state index in [2.05, 4.69) is 15.0 Å². The highest BCUT2D eigenvalue weighted by molar-refractivity contribution is 5.97. The summed E-state index contributed by atoms with van der Waals surface area (Å²) in [7, 11) is 0. The highest BCUT2D eigenvalue weighted by atomic mass is 16.6. The minimum Gasteiger partial charge on any atom is -0.460 e. The van der Waals surface area contributed by atoms with Crippen LogP contribution in [0.3, 0.4) is 0 Å². The molecule has 0 aromatic carbocycles. The number of ether oxygens (including phenoxy) is 1. The Bertz CT molecular complexity index is 1020. The summed E-state index contributed by atoms with van der Waals surface area (Å²) in [6, 6.07) is 3.76. The van der Waals surface area contributed by atoms with Crippen LogP contribution in [0.1, 0.15) is 29.6 Å². The number of likely N-dealkylation sites (tertiary alicyclic amines) is 1. The number of cyclic esters (lactones) is 1. The van der Waals surface area contributed by atoms with Gasteiger partial charge in [-0.1, -0.05) is 0 Å². The van der Waals surface area contributed by atoms with Crippen LogP contribution in [0.2, 0.25) is 0 Å². The molecule has 3 aromatic rings. The van der Waals surface area contributed by atoms with Crippen molar-refractivity contribution < 1.29 is 14.3 Å². The molecular formula is C20H21N5O3. The van der Waals surface area contributed by atoms with Crippen LogP contribution < -0.4 is 0 Å². The number of nitrogens with one attached hydrogen (secondary N) is 1. The molecule has 2 aliphatic rings. The van der Waals surface area contributed by atoms with Crippen LogP contribution in [0, 0.1) is 5.41 Å². The van der Waals surface area contributed by atoms with Crippen molar-refractivity contribution in [3.05, 3.63) is 48.8 Å². The van der Waals surface area contributed by atoms with Crippen molar-refractivity contribution in [3.63, 3.8) is 0 Å². The Morgan fingerprint density at radius 2 is 2.21 bits per heavy atom. The van der Waals surface area contributed by atoms with E-state index in [0.29, 0.717) is 44.5 Å². The summed E-state index contributed by atoms with van der Waals surface area (Å²) < 4.78 is 7.57. The van der Waals surface area contributed by atoms with E-state index in [4.69, 9.17) is 4.74 Å². The van der Waals surface area contributed by atoms with Gasteiger partial charge in [-0.25, -0.2) is 9.97 Å². The third kappa shape index (κ3) is 2.85. The number of hydrogen-bond donors (Lipinski definition) is 1. The number of rotatable bonds is 3. The van der Waals surface area contributed by atoms with Crippen molar-refractivity contribution in [2.45, 2.75) is 31.9 Å². The lowest BCUT2D eigenvalue weighted by Gasteiger charge is -2.36. The van der Waals surface area contributed by atoms with Crippen LogP contribution >= 0.6 is 0 Å². The monoisotopic (exact) mass is 379 g/mol. The van der Waals surface area contributed by atoms with Gasteiger partial charge in [-0.2, -0.15) is 0 Å². The maximum absolute atomic E-state index is 12.9. The Hall–Kier alpha value is -3.16. The minimum absolute atomic E-state index is 0.0354. The highest BCUT2D eigenvalue weighted by Crippen LogP contribution is 2.43. The maximum atomic E-state index is 12.9. The van der Waals surface area contributed by atoms with Gasteiger partial charge in [0.05, 0.1) is 23.9 Å². The van der Waals surface area contributed by atoms with Gasteiger partial charge in [0.25, 0.3) is 5.91 Å². The number of aromatic amines is 1. The predicted molar refractivity (Wildman–Crippen MR) is 100 cm³/mol. The van der Waals surface area contributed by atoms with Crippen LogP contribution in [-0.2, 0) is 16.1 Å². The zero-order chi connectivity index (χ0) is 19.1. The van der Waals surface area contributed by atoms with Crippen molar-refractivity contribution in [1.29, 1.82) is 0 Å². The molecule has 0 bridgehead atoms. The maximum Gasteiger partial charge on any atom is 0.312 e. The largest absolute Gasteiger partial charge is 0.460 e. The average Bonchev–Trinajstić information content (AvgIpc) is 3.43. The van der Waals surface area contributed by atoms with Crippen LogP contribution in [0.4, 0.5) is 0 Å². The fourth-order valence-corrected chi connectivity index (χ4v) is 4.35. The highest BCUT2D eigenvalue weighted by Gasteiger charge is 2.50. The van der Waals surface area contributed by atoms with Gasteiger partial charge < -0.3 is 19.2 Å². The van der Waals surface area contributed by atoms with Gasteiger partial charge in [0.15, 0.2) is 0 Å². The number of pyridine rings is 1. The van der Waals surface area contributed by atoms with E-state index in [1.807, 2.05) is 34.0 Å². The van der Waals surface area contributed by atoms with Crippen LogP contribution in [0.15, 0.2) is 43.2 Å². The fourth-order valence-electron chi connectivity index (χ4n) is 4.35. The first kappa shape index (κ1) is 17.0. The van der Waals surface area contributed by atoms with Gasteiger partial charge in [-0.3, -0.25) is 9.59 Å². The first-order valence-corrected chi connectivity index (χ1v) is 9.52. The van der Waals surface area contributed by atoms with E-state index in [9.17, 15) is 9.59 Å². The van der Waals surface area contributed by atoms with Gasteiger partial charge in [-0.15, -0.1) is 0 Å². The molecular weight excluding hydrogens is 358 g/mol. The van der Waals surface area contributed by atoms with E-state index in [-0.39, 0.29) is 18.0 Å². The lowest BCUT2D eigenvalue weighted by Crippen LogP contribution is -2.45. The number of hydrogen-bond acceptors (Lipinski definition) is 5. The van der Waals surface area contributed by atoms with Gasteiger partial charge >= 0.3 is 5.97 Å². The molecule has 0 saturated carbocycles. The van der Waals surface area contributed by atoms with Crippen LogP contribution in [0.5, 0.6) is 0 Å². The van der Waals surface area contributed by atoms with Crippen LogP contribution in [0.25, 0.3) is 11.0 Å². The van der Waals surface area contributed by atoms with E-state index in [0.717, 1.165) is 11.0 Å². The van der Waals surface area contributed by atoms with Gasteiger partial charge in [0.2, 0.25) is 0 Å². The first-order valence-electron chi connectivity index (χ1n) is 9.52. The number of aromatic nitrogens is 4. The second kappa shape index (κ2) is 6.47. The topological polar surface area (TPSA) is 93.1 Å². The molecule has 0 aliphatic carbocycles. The smallest absolute Gasteiger partial charge is 0.312 e. The third-order valence-electron chi connectivity index (χ3n) is 5.95. The molecule has 2 saturated heterocycles. The van der Waals surface area contributed by atoms with Crippen molar-refractivity contribution in [3.8, 4) is 0 Å². The van der Waals surface area contributed by atoms with Gasteiger partial charge in [0, 0.05) is 49.7 Å². The standard InChI is InChI=1S/C20H21N5O3/c26-18(15-9-14-1-4-22-17(14)23-11-15)25-6-2-20(3-7-25)10-16(28-19(20)27)12-24-8-5-21-13-24/h1,4-5,8-9,11,13,16H,2-3,6-7,10,12H2,(H,22,23). The molecule has 1 N–H and O–H groups in total. The Kier molecular flexibility index (Phi) is 3.92. The summed E-state index contributed by atoms with van der Waals surface area (Å²) in [5.41, 5.74) is 0.882. The number of imidazole rings is 1. The predicted octanol–water partition coefficient (Wildman–Crippen LogP) is 2.00. The van der Waals surface area contributed by atoms with Gasteiger partial charge in [-0.05, 0) is 25.0 Å². The molecule has 0 radical (unpaired) electrons. The SMILES string of the molecule is O=C(c1cnc2[nH]ccc2c1)N1CCC2(CC1)CC(Cn1ccnc1)OC2=O. The molecule has 3 aromatic heterocycles. The second-order valence-electron chi connectivity index (χ2n) is 7.70. The molecule has 1 atom stereocenters. The minimum atomic E-state index is -0.467. The lowest BCUT2D eigenvalue weighted by atomic mass is 9.76. The van der Waals surface area contributed by atoms with Crippen molar-refractivity contribution >= 4 is 22.9 Å². The molecule has 8 heteroatoms. The molecule has 2 fully saturated rings. The summed E-state index contributed by atoms with van der Waals surface area (Å²) in [5.74, 6) is -0.160. The summed E-state index contributed by atoms with van der Waals surface area (Å²) >= 11 is 0. The molecule has 2 aliphatic heterocycles. The number of nitrogens with zero attached hydrogens (tertiary/aromatic N) is 4. The summed E-state index contributed by atoms with van der Waals surface area (Å²) in [4.78, 5) is 38.6. The number of H-pyrrole nitrogens is 1. The second-order valence-corrected chi connectivity index (χ2v) is 7.70. The molecule has 144 valence electrons. The Morgan fingerprint density at radius 1 is 1.36 bits per heavy atom. The zero-order valence-electron chi connectivity index (χ0n) is 15.4. The Balaban J connectivity index is 1.25. The normalized spacial score (nSPS) is 21.4. The number of carbonyl (C=O) groups excluding carboxylic acids is 2. The van der Waals surface area contributed by atoms with Crippen LogP contribution in [-0.4, -0.2) is 55.5 Å². The zero-order valence-corrected chi connectivity index (χ0v) is 15.4. The van der Waals surface area contributed by atoms with Crippen molar-refractivity contribution in [2.75, 3.05) is 13.1 Å². The number of esters is 1. The molecule has 1 amide bonds.